The SMILES string of the molecule is COC(=O)c1sc2nc(C)[nH]c(=O)c2c1CC(=O)OCC(=O)N(C)C. The van der Waals surface area contributed by atoms with Crippen LogP contribution in [-0.2, 0) is 25.5 Å². The van der Waals surface area contributed by atoms with Crippen molar-refractivity contribution in [2.75, 3.05) is 27.8 Å². The molecule has 0 aliphatic rings. The molecule has 0 radical (unpaired) electrons. The van der Waals surface area contributed by atoms with Gasteiger partial charge in [0.15, 0.2) is 6.61 Å². The number of aromatic amines is 1. The van der Waals surface area contributed by atoms with Gasteiger partial charge in [0.2, 0.25) is 0 Å². The van der Waals surface area contributed by atoms with Gasteiger partial charge in [0.05, 0.1) is 18.9 Å². The fourth-order valence-electron chi connectivity index (χ4n) is 2.06. The minimum atomic E-state index is -0.736. The highest BCUT2D eigenvalue weighted by Gasteiger charge is 2.25. The number of rotatable bonds is 5. The molecule has 0 saturated heterocycles. The number of methoxy groups -OCH3 is 1. The first-order valence-corrected chi connectivity index (χ1v) is 8.02. The Labute approximate surface area is 146 Å². The maximum Gasteiger partial charge on any atom is 0.348 e. The van der Waals surface area contributed by atoms with Crippen LogP contribution in [0.2, 0.25) is 0 Å². The third kappa shape index (κ3) is 4.02. The second kappa shape index (κ2) is 7.43. The van der Waals surface area contributed by atoms with Crippen LogP contribution < -0.4 is 5.56 Å². The van der Waals surface area contributed by atoms with Crippen molar-refractivity contribution in [1.82, 2.24) is 14.9 Å². The number of esters is 2. The first-order chi connectivity index (χ1) is 11.7. The largest absolute Gasteiger partial charge is 0.465 e. The van der Waals surface area contributed by atoms with Gasteiger partial charge in [0.25, 0.3) is 11.5 Å². The molecule has 0 spiro atoms. The predicted octanol–water partition coefficient (Wildman–Crippen LogP) is 0.254. The standard InChI is InChI=1S/C15H17N3O6S/c1-7-16-13(21)11-8(5-10(20)24-6-9(19)18(2)3)12(15(22)23-4)25-14(11)17-7/h5-6H2,1-4H3,(H,16,17,21). The fraction of sp³-hybridized carbons (Fsp3) is 0.400. The number of aromatic nitrogens is 2. The van der Waals surface area contributed by atoms with E-state index in [1.165, 1.54) is 26.1 Å². The number of carbonyl (C=O) groups is 3. The molecule has 0 aromatic carbocycles. The molecule has 0 aliphatic carbocycles. The summed E-state index contributed by atoms with van der Waals surface area (Å²) in [6.07, 6.45) is -0.348. The zero-order valence-corrected chi connectivity index (χ0v) is 15.0. The lowest BCUT2D eigenvalue weighted by atomic mass is 10.1. The molecule has 0 fully saturated rings. The molecule has 134 valence electrons. The van der Waals surface area contributed by atoms with E-state index in [2.05, 4.69) is 9.97 Å². The molecule has 0 atom stereocenters. The van der Waals surface area contributed by atoms with Gasteiger partial charge < -0.3 is 19.4 Å². The van der Waals surface area contributed by atoms with Crippen LogP contribution in [0.15, 0.2) is 4.79 Å². The Kier molecular flexibility index (Phi) is 5.52. The third-order valence-corrected chi connectivity index (χ3v) is 4.43. The third-order valence-electron chi connectivity index (χ3n) is 3.33. The van der Waals surface area contributed by atoms with Crippen LogP contribution >= 0.6 is 11.3 Å². The van der Waals surface area contributed by atoms with Crippen molar-refractivity contribution in [1.29, 1.82) is 0 Å². The minimum Gasteiger partial charge on any atom is -0.465 e. The normalized spacial score (nSPS) is 10.6. The second-order valence-corrected chi connectivity index (χ2v) is 6.36. The number of nitrogens with zero attached hydrogens (tertiary/aromatic N) is 2. The van der Waals surface area contributed by atoms with Gasteiger partial charge in [-0.2, -0.15) is 0 Å². The molecule has 2 aromatic heterocycles. The van der Waals surface area contributed by atoms with Crippen molar-refractivity contribution in [3.63, 3.8) is 0 Å². The summed E-state index contributed by atoms with van der Waals surface area (Å²) in [4.78, 5) is 56.2. The Hall–Kier alpha value is -2.75. The van der Waals surface area contributed by atoms with E-state index in [-0.39, 0.29) is 28.2 Å². The van der Waals surface area contributed by atoms with E-state index in [0.29, 0.717) is 10.7 Å². The lowest BCUT2D eigenvalue weighted by Gasteiger charge is -2.10. The van der Waals surface area contributed by atoms with Crippen molar-refractivity contribution >= 4 is 39.4 Å². The van der Waals surface area contributed by atoms with Crippen molar-refractivity contribution in [2.45, 2.75) is 13.3 Å². The van der Waals surface area contributed by atoms with Gasteiger partial charge >= 0.3 is 11.9 Å². The second-order valence-electron chi connectivity index (χ2n) is 5.36. The Morgan fingerprint density at radius 3 is 2.56 bits per heavy atom. The average Bonchev–Trinajstić information content (AvgIpc) is 2.89. The first-order valence-electron chi connectivity index (χ1n) is 7.21. The van der Waals surface area contributed by atoms with Crippen LogP contribution in [0.4, 0.5) is 0 Å². The Morgan fingerprint density at radius 2 is 1.96 bits per heavy atom. The van der Waals surface area contributed by atoms with Gasteiger partial charge in [0.1, 0.15) is 15.5 Å². The number of thiophene rings is 1. The number of nitrogens with one attached hydrogen (secondary N) is 1. The number of amides is 1. The molecular weight excluding hydrogens is 350 g/mol. The average molecular weight is 367 g/mol. The first kappa shape index (κ1) is 18.6. The lowest BCUT2D eigenvalue weighted by molar-refractivity contribution is -0.150. The van der Waals surface area contributed by atoms with Gasteiger partial charge in [-0.1, -0.05) is 0 Å². The van der Waals surface area contributed by atoms with Crippen LogP contribution in [-0.4, -0.2) is 60.5 Å². The number of ether oxygens (including phenoxy) is 2. The van der Waals surface area contributed by atoms with Crippen molar-refractivity contribution in [3.05, 3.63) is 26.6 Å². The molecule has 9 nitrogen and oxygen atoms in total. The highest BCUT2D eigenvalue weighted by molar-refractivity contribution is 7.20. The van der Waals surface area contributed by atoms with Crippen LogP contribution in [0.3, 0.4) is 0 Å². The zero-order chi connectivity index (χ0) is 18.7. The Balaban J connectivity index is 2.38. The van der Waals surface area contributed by atoms with E-state index in [9.17, 15) is 19.2 Å². The fourth-order valence-corrected chi connectivity index (χ4v) is 3.22. The number of carbonyl (C=O) groups excluding carboxylic acids is 3. The number of aryl methyl sites for hydroxylation is 1. The number of hydrogen-bond acceptors (Lipinski definition) is 8. The molecule has 10 heteroatoms. The van der Waals surface area contributed by atoms with Crippen molar-refractivity contribution < 1.29 is 23.9 Å². The maximum atomic E-state index is 12.2. The summed E-state index contributed by atoms with van der Waals surface area (Å²) in [5.74, 6) is -1.40. The van der Waals surface area contributed by atoms with Crippen LogP contribution in [0, 0.1) is 6.92 Å². The van der Waals surface area contributed by atoms with Gasteiger partial charge in [-0.3, -0.25) is 14.4 Å². The van der Waals surface area contributed by atoms with Crippen LogP contribution in [0.25, 0.3) is 10.2 Å². The van der Waals surface area contributed by atoms with E-state index >= 15 is 0 Å². The molecule has 1 N–H and O–H groups in total. The molecule has 0 aliphatic heterocycles. The smallest absolute Gasteiger partial charge is 0.348 e. The molecule has 0 unspecified atom stereocenters. The highest BCUT2D eigenvalue weighted by atomic mass is 32.1. The summed E-state index contributed by atoms with van der Waals surface area (Å²) in [6.45, 7) is 1.19. The summed E-state index contributed by atoms with van der Waals surface area (Å²) < 4.78 is 9.62. The summed E-state index contributed by atoms with van der Waals surface area (Å²) >= 11 is 0.968. The van der Waals surface area contributed by atoms with E-state index in [1.54, 1.807) is 6.92 Å². The molecule has 0 bridgehead atoms. The van der Waals surface area contributed by atoms with Crippen molar-refractivity contribution in [2.24, 2.45) is 0 Å². The highest BCUT2D eigenvalue weighted by Crippen LogP contribution is 2.29. The number of H-pyrrole nitrogens is 1. The van der Waals surface area contributed by atoms with E-state index in [4.69, 9.17) is 9.47 Å². The lowest BCUT2D eigenvalue weighted by Crippen LogP contribution is -2.28. The molecule has 2 aromatic rings. The van der Waals surface area contributed by atoms with E-state index in [1.807, 2.05) is 0 Å². The van der Waals surface area contributed by atoms with Gasteiger partial charge in [-0.15, -0.1) is 11.3 Å². The van der Waals surface area contributed by atoms with Gasteiger partial charge in [0, 0.05) is 19.7 Å². The summed E-state index contributed by atoms with van der Waals surface area (Å²) in [5.41, 5.74) is -0.274. The van der Waals surface area contributed by atoms with Crippen molar-refractivity contribution in [3.8, 4) is 0 Å². The van der Waals surface area contributed by atoms with E-state index < -0.39 is 24.1 Å². The zero-order valence-electron chi connectivity index (χ0n) is 14.2. The van der Waals surface area contributed by atoms with Crippen LogP contribution in [0.1, 0.15) is 21.1 Å². The van der Waals surface area contributed by atoms with Gasteiger partial charge in [-0.25, -0.2) is 9.78 Å². The molecule has 2 rings (SSSR count). The topological polar surface area (TPSA) is 119 Å². The van der Waals surface area contributed by atoms with E-state index in [0.717, 1.165) is 11.3 Å². The van der Waals surface area contributed by atoms with Gasteiger partial charge in [-0.05, 0) is 6.92 Å². The number of hydrogen-bond donors (Lipinski definition) is 1. The monoisotopic (exact) mass is 367 g/mol. The molecule has 2 heterocycles. The minimum absolute atomic E-state index is 0.108. The summed E-state index contributed by atoms with van der Waals surface area (Å²) in [5, 5.41) is 0.145. The maximum absolute atomic E-state index is 12.2. The van der Waals surface area contributed by atoms with Crippen LogP contribution in [0.5, 0.6) is 0 Å². The predicted molar refractivity (Wildman–Crippen MR) is 89.7 cm³/mol. The number of likely N-dealkylation sites (N-methyl/N-ethyl adjacent to an activating group) is 1. The number of fused-ring (bicyclic) bond motifs is 1. The Bertz CT molecular complexity index is 899. The summed E-state index contributed by atoms with van der Waals surface area (Å²) in [7, 11) is 4.27. The molecule has 1 amide bonds. The summed E-state index contributed by atoms with van der Waals surface area (Å²) in [6, 6.07) is 0. The quantitative estimate of drug-likeness (QED) is 0.753. The molecular formula is C15H17N3O6S. The molecule has 0 saturated carbocycles. The molecule has 25 heavy (non-hydrogen) atoms. The Morgan fingerprint density at radius 1 is 1.28 bits per heavy atom.